The van der Waals surface area contributed by atoms with E-state index in [4.69, 9.17) is 4.74 Å². The highest BCUT2D eigenvalue weighted by atomic mass is 16.5. The van der Waals surface area contributed by atoms with E-state index in [1.165, 1.54) is 12.8 Å². The summed E-state index contributed by atoms with van der Waals surface area (Å²) < 4.78 is 7.64. The van der Waals surface area contributed by atoms with Crippen molar-refractivity contribution in [2.24, 2.45) is 5.92 Å². The van der Waals surface area contributed by atoms with Crippen molar-refractivity contribution in [3.8, 4) is 17.0 Å². The number of fused-ring (bicyclic) bond motifs is 2. The average molecular weight is 540 g/mol. The highest BCUT2D eigenvalue weighted by Gasteiger charge is 2.31. The predicted octanol–water partition coefficient (Wildman–Crippen LogP) is 3.45. The predicted molar refractivity (Wildman–Crippen MR) is 146 cm³/mol. The molecule has 2 aromatic heterocycles. The number of carbonyl (C=O) groups is 3. The molecular formula is C29H29N7O4. The van der Waals surface area contributed by atoms with Crippen LogP contribution in [-0.4, -0.2) is 55.9 Å². The zero-order valence-corrected chi connectivity index (χ0v) is 22.0. The second-order valence-electron chi connectivity index (χ2n) is 10.1. The normalized spacial score (nSPS) is 15.1. The highest BCUT2D eigenvalue weighted by molar-refractivity contribution is 5.98. The van der Waals surface area contributed by atoms with Gasteiger partial charge in [0.25, 0.3) is 5.91 Å². The Morgan fingerprint density at radius 2 is 1.98 bits per heavy atom. The van der Waals surface area contributed by atoms with Crippen LogP contribution in [0.1, 0.15) is 47.3 Å². The van der Waals surface area contributed by atoms with Gasteiger partial charge in [0, 0.05) is 30.8 Å². The van der Waals surface area contributed by atoms with Crippen LogP contribution < -0.4 is 15.4 Å². The molecule has 2 N–H and O–H groups in total. The van der Waals surface area contributed by atoms with Crippen LogP contribution in [0.4, 0.5) is 4.79 Å². The first kappa shape index (κ1) is 25.5. The second-order valence-corrected chi connectivity index (χ2v) is 10.1. The Kier molecular flexibility index (Phi) is 6.85. The Hall–Kier alpha value is -4.80. The number of ether oxygens (including phenoxy) is 1. The molecule has 1 saturated carbocycles. The van der Waals surface area contributed by atoms with Crippen LogP contribution >= 0.6 is 0 Å². The van der Waals surface area contributed by atoms with Crippen molar-refractivity contribution in [3.63, 3.8) is 0 Å². The van der Waals surface area contributed by atoms with Gasteiger partial charge in [0.1, 0.15) is 23.3 Å². The third-order valence-electron chi connectivity index (χ3n) is 7.31. The Morgan fingerprint density at radius 1 is 1.15 bits per heavy atom. The van der Waals surface area contributed by atoms with Crippen LogP contribution in [-0.2, 0) is 17.9 Å². The molecule has 40 heavy (non-hydrogen) atoms. The van der Waals surface area contributed by atoms with Crippen molar-refractivity contribution >= 4 is 29.5 Å². The molecule has 3 heterocycles. The van der Waals surface area contributed by atoms with Crippen molar-refractivity contribution in [2.45, 2.75) is 38.9 Å². The fourth-order valence-electron chi connectivity index (χ4n) is 5.13. The summed E-state index contributed by atoms with van der Waals surface area (Å²) >= 11 is 0. The van der Waals surface area contributed by atoms with Crippen LogP contribution in [0.5, 0.6) is 5.75 Å². The molecule has 2 aromatic carbocycles. The van der Waals surface area contributed by atoms with Crippen LogP contribution in [0.15, 0.2) is 55.1 Å². The van der Waals surface area contributed by atoms with E-state index in [-0.39, 0.29) is 12.5 Å². The molecule has 1 atom stereocenters. The van der Waals surface area contributed by atoms with Crippen molar-refractivity contribution < 1.29 is 19.1 Å². The van der Waals surface area contributed by atoms with E-state index in [1.807, 2.05) is 49.6 Å². The zero-order valence-electron chi connectivity index (χ0n) is 22.0. The molecule has 0 bridgehead atoms. The van der Waals surface area contributed by atoms with Gasteiger partial charge < -0.3 is 19.5 Å². The molecule has 1 aliphatic carbocycles. The average Bonchev–Trinajstić information content (AvgIpc) is 3.61. The molecule has 4 amide bonds. The molecule has 1 aliphatic heterocycles. The number of imidazole rings is 1. The van der Waals surface area contributed by atoms with Gasteiger partial charge in [0.15, 0.2) is 5.65 Å². The number of rotatable bonds is 10. The summed E-state index contributed by atoms with van der Waals surface area (Å²) in [6.07, 6.45) is 6.18. The van der Waals surface area contributed by atoms with Gasteiger partial charge in [-0.1, -0.05) is 30.3 Å². The van der Waals surface area contributed by atoms with Gasteiger partial charge >= 0.3 is 6.03 Å². The molecule has 11 heteroatoms. The minimum absolute atomic E-state index is 0.138. The van der Waals surface area contributed by atoms with Gasteiger partial charge in [-0.3, -0.25) is 14.9 Å². The van der Waals surface area contributed by atoms with Gasteiger partial charge in [-0.15, -0.1) is 0 Å². The van der Waals surface area contributed by atoms with E-state index in [9.17, 15) is 14.4 Å². The standard InChI is InChI=1S/C29H29N7O4/c1-2-40-22-10-9-21-13-35(28(38)23(21)11-22)14-24(34-29(39)33-17-37)19-5-7-20(8-6-19)25-26-27(31-15-30-25)36(16-32-26)12-18-3-4-18/h5-11,15-18,24H,2-4,12-14H2,1H3,(H2,33,34,37,39)/t24-/m0/s1. The molecule has 0 spiro atoms. The van der Waals surface area contributed by atoms with Gasteiger partial charge in [0.05, 0.1) is 19.0 Å². The number of imide groups is 1. The van der Waals surface area contributed by atoms with Gasteiger partial charge in [-0.2, -0.15) is 0 Å². The first-order chi connectivity index (χ1) is 19.5. The third kappa shape index (κ3) is 5.09. The minimum Gasteiger partial charge on any atom is -0.494 e. The third-order valence-corrected chi connectivity index (χ3v) is 7.31. The van der Waals surface area contributed by atoms with Crippen molar-refractivity contribution in [1.29, 1.82) is 0 Å². The smallest absolute Gasteiger partial charge is 0.321 e. The maximum absolute atomic E-state index is 13.2. The highest BCUT2D eigenvalue weighted by Crippen LogP contribution is 2.33. The first-order valence-corrected chi connectivity index (χ1v) is 13.4. The van der Waals surface area contributed by atoms with Gasteiger partial charge in [-0.05, 0) is 48.9 Å². The molecule has 2 aliphatic rings. The molecule has 1 fully saturated rings. The van der Waals surface area contributed by atoms with Gasteiger partial charge in [0.2, 0.25) is 6.41 Å². The Bertz CT molecular complexity index is 1580. The molecule has 11 nitrogen and oxygen atoms in total. The number of benzene rings is 2. The summed E-state index contributed by atoms with van der Waals surface area (Å²) in [6.45, 7) is 3.94. The summed E-state index contributed by atoms with van der Waals surface area (Å²) in [6, 6.07) is 11.9. The fourth-order valence-corrected chi connectivity index (χ4v) is 5.13. The van der Waals surface area contributed by atoms with E-state index in [2.05, 4.69) is 30.2 Å². The molecule has 6 rings (SSSR count). The lowest BCUT2D eigenvalue weighted by Gasteiger charge is -2.25. The largest absolute Gasteiger partial charge is 0.494 e. The van der Waals surface area contributed by atoms with E-state index in [0.29, 0.717) is 36.8 Å². The van der Waals surface area contributed by atoms with Crippen LogP contribution in [0.2, 0.25) is 0 Å². The minimum atomic E-state index is -0.648. The Balaban J connectivity index is 1.25. The van der Waals surface area contributed by atoms with E-state index < -0.39 is 12.1 Å². The fraction of sp³-hybridized carbons (Fsp3) is 0.310. The summed E-state index contributed by atoms with van der Waals surface area (Å²) in [5, 5.41) is 4.94. The van der Waals surface area contributed by atoms with Crippen LogP contribution in [0.3, 0.4) is 0 Å². The molecule has 0 unspecified atom stereocenters. The summed E-state index contributed by atoms with van der Waals surface area (Å²) in [7, 11) is 0. The van der Waals surface area contributed by atoms with E-state index in [1.54, 1.807) is 17.3 Å². The first-order valence-electron chi connectivity index (χ1n) is 13.4. The Labute approximate surface area is 230 Å². The molecular weight excluding hydrogens is 510 g/mol. The van der Waals surface area contributed by atoms with E-state index in [0.717, 1.165) is 40.1 Å². The lowest BCUT2D eigenvalue weighted by atomic mass is 10.0. The number of nitrogens with one attached hydrogen (secondary N) is 2. The number of aromatic nitrogens is 4. The van der Waals surface area contributed by atoms with E-state index >= 15 is 0 Å². The number of hydrogen-bond acceptors (Lipinski definition) is 7. The summed E-state index contributed by atoms with van der Waals surface area (Å²) in [5.74, 6) is 1.20. The lowest BCUT2D eigenvalue weighted by molar-refractivity contribution is -0.108. The Morgan fingerprint density at radius 3 is 2.73 bits per heavy atom. The summed E-state index contributed by atoms with van der Waals surface area (Å²) in [4.78, 5) is 51.7. The molecule has 4 aromatic rings. The molecule has 0 radical (unpaired) electrons. The summed E-state index contributed by atoms with van der Waals surface area (Å²) in [5.41, 5.74) is 5.39. The van der Waals surface area contributed by atoms with Crippen molar-refractivity contribution in [2.75, 3.05) is 13.2 Å². The number of urea groups is 1. The molecule has 0 saturated heterocycles. The SMILES string of the molecule is CCOc1ccc2c(c1)C(=O)N(C[C@H](NC(=O)NC=O)c1ccc(-c3ncnc4c3ncn4CC3CC3)cc1)C2. The zero-order chi connectivity index (χ0) is 27.6. The number of amides is 4. The quantitative estimate of drug-likeness (QED) is 0.295. The lowest BCUT2D eigenvalue weighted by Crippen LogP contribution is -2.42. The molecule has 204 valence electrons. The maximum atomic E-state index is 13.2. The topological polar surface area (TPSA) is 131 Å². The number of carbonyl (C=O) groups excluding carboxylic acids is 3. The number of nitrogens with zero attached hydrogens (tertiary/aromatic N) is 5. The monoisotopic (exact) mass is 539 g/mol. The second kappa shape index (κ2) is 10.8. The van der Waals surface area contributed by atoms with Crippen LogP contribution in [0, 0.1) is 5.92 Å². The van der Waals surface area contributed by atoms with Gasteiger partial charge in [-0.25, -0.2) is 19.7 Å². The number of hydrogen-bond donors (Lipinski definition) is 2. The maximum Gasteiger partial charge on any atom is 0.321 e. The van der Waals surface area contributed by atoms with Crippen molar-refractivity contribution in [1.82, 2.24) is 35.1 Å². The van der Waals surface area contributed by atoms with Crippen LogP contribution in [0.25, 0.3) is 22.4 Å². The van der Waals surface area contributed by atoms with Crippen molar-refractivity contribution in [3.05, 3.63) is 71.8 Å².